The van der Waals surface area contributed by atoms with Gasteiger partial charge in [0, 0.05) is 11.7 Å². The Morgan fingerprint density at radius 3 is 2.88 bits per heavy atom. The van der Waals surface area contributed by atoms with Gasteiger partial charge in [0.1, 0.15) is 5.82 Å². The van der Waals surface area contributed by atoms with Gasteiger partial charge in [-0.1, -0.05) is 0 Å². The zero-order valence-electron chi connectivity index (χ0n) is 9.57. The molecule has 0 bridgehead atoms. The van der Waals surface area contributed by atoms with Gasteiger partial charge >= 0.3 is 0 Å². The molecule has 2 unspecified atom stereocenters. The molecule has 0 saturated carbocycles. The number of ether oxygens (including phenoxy) is 1. The number of amides is 1. The number of hydrogen-bond donors (Lipinski definition) is 2. The van der Waals surface area contributed by atoms with E-state index in [0.717, 1.165) is 0 Å². The van der Waals surface area contributed by atoms with Crippen LogP contribution in [-0.4, -0.2) is 25.2 Å². The van der Waals surface area contributed by atoms with Crippen molar-refractivity contribution in [2.24, 2.45) is 11.7 Å². The van der Waals surface area contributed by atoms with Crippen molar-refractivity contribution in [3.8, 4) is 0 Å². The molecule has 5 heteroatoms. The fourth-order valence-electron chi connectivity index (χ4n) is 1.80. The van der Waals surface area contributed by atoms with E-state index >= 15 is 0 Å². The highest BCUT2D eigenvalue weighted by molar-refractivity contribution is 5.93. The summed E-state index contributed by atoms with van der Waals surface area (Å²) in [6, 6.07) is 4.18. The van der Waals surface area contributed by atoms with E-state index in [1.165, 1.54) is 12.1 Å². The summed E-state index contributed by atoms with van der Waals surface area (Å²) < 4.78 is 18.2. The summed E-state index contributed by atoms with van der Waals surface area (Å²) in [5.74, 6) is -0.801. The van der Waals surface area contributed by atoms with E-state index in [9.17, 15) is 9.18 Å². The van der Waals surface area contributed by atoms with Crippen molar-refractivity contribution in [2.45, 2.75) is 13.0 Å². The quantitative estimate of drug-likeness (QED) is 0.809. The number of carbonyl (C=O) groups is 1. The smallest absolute Gasteiger partial charge is 0.231 e. The van der Waals surface area contributed by atoms with Crippen molar-refractivity contribution >= 4 is 11.6 Å². The number of rotatable bonds is 2. The minimum atomic E-state index is -0.333. The number of nitrogens with two attached hydrogens (primary N) is 1. The average molecular weight is 238 g/mol. The lowest BCUT2D eigenvalue weighted by atomic mass is 10.0. The Balaban J connectivity index is 2.05. The summed E-state index contributed by atoms with van der Waals surface area (Å²) in [5, 5.41) is 2.72. The largest absolute Gasteiger partial charge is 0.379 e. The Hall–Kier alpha value is -1.46. The summed E-state index contributed by atoms with van der Waals surface area (Å²) in [7, 11) is 0. The maximum absolute atomic E-state index is 13.0. The molecule has 3 N–H and O–H groups in total. The van der Waals surface area contributed by atoms with Crippen LogP contribution in [0.3, 0.4) is 0 Å². The van der Waals surface area contributed by atoms with Crippen LogP contribution in [0.1, 0.15) is 5.56 Å². The Morgan fingerprint density at radius 2 is 2.29 bits per heavy atom. The van der Waals surface area contributed by atoms with E-state index in [1.54, 1.807) is 13.0 Å². The molecule has 0 spiro atoms. The summed E-state index contributed by atoms with van der Waals surface area (Å²) in [6.07, 6.45) is 0. The molecule has 1 heterocycles. The SMILES string of the molecule is Cc1cc(NC(=O)C2COCC2N)ccc1F. The standard InChI is InChI=1S/C12H15FN2O2/c1-7-4-8(2-3-10(7)13)15-12(16)9-5-17-6-11(9)14/h2-4,9,11H,5-6,14H2,1H3,(H,15,16). The van der Waals surface area contributed by atoms with Crippen LogP contribution in [0.25, 0.3) is 0 Å². The number of halogens is 1. The van der Waals surface area contributed by atoms with E-state index in [-0.39, 0.29) is 23.7 Å². The number of hydrogen-bond acceptors (Lipinski definition) is 3. The molecule has 17 heavy (non-hydrogen) atoms. The molecule has 1 aliphatic rings. The van der Waals surface area contributed by atoms with Gasteiger partial charge in [-0.05, 0) is 30.7 Å². The van der Waals surface area contributed by atoms with Crippen LogP contribution in [-0.2, 0) is 9.53 Å². The van der Waals surface area contributed by atoms with Crippen LogP contribution in [0.15, 0.2) is 18.2 Å². The summed E-state index contributed by atoms with van der Waals surface area (Å²) >= 11 is 0. The van der Waals surface area contributed by atoms with Gasteiger partial charge in [-0.25, -0.2) is 4.39 Å². The Labute approximate surface area is 98.9 Å². The van der Waals surface area contributed by atoms with Crippen molar-refractivity contribution < 1.29 is 13.9 Å². The zero-order chi connectivity index (χ0) is 12.4. The van der Waals surface area contributed by atoms with Gasteiger partial charge < -0.3 is 15.8 Å². The number of carbonyl (C=O) groups excluding carboxylic acids is 1. The molecular weight excluding hydrogens is 223 g/mol. The molecule has 1 amide bonds. The first kappa shape index (κ1) is 12.0. The lowest BCUT2D eigenvalue weighted by Gasteiger charge is -2.13. The molecule has 4 nitrogen and oxygen atoms in total. The second kappa shape index (κ2) is 4.81. The minimum Gasteiger partial charge on any atom is -0.379 e. The molecular formula is C12H15FN2O2. The first-order chi connectivity index (χ1) is 8.08. The van der Waals surface area contributed by atoms with Crippen LogP contribution in [0.5, 0.6) is 0 Å². The fourth-order valence-corrected chi connectivity index (χ4v) is 1.80. The van der Waals surface area contributed by atoms with Crippen molar-refractivity contribution in [3.05, 3.63) is 29.6 Å². The molecule has 0 aliphatic carbocycles. The molecule has 1 fully saturated rings. The normalized spacial score (nSPS) is 23.7. The maximum Gasteiger partial charge on any atom is 0.231 e. The summed E-state index contributed by atoms with van der Waals surface area (Å²) in [5.41, 5.74) is 6.81. The number of aryl methyl sites for hydroxylation is 1. The second-order valence-electron chi connectivity index (χ2n) is 4.26. The van der Waals surface area contributed by atoms with Crippen LogP contribution >= 0.6 is 0 Å². The van der Waals surface area contributed by atoms with Crippen LogP contribution in [0.2, 0.25) is 0 Å². The Morgan fingerprint density at radius 1 is 1.53 bits per heavy atom. The van der Waals surface area contributed by atoms with Gasteiger partial charge in [0.05, 0.1) is 19.1 Å². The van der Waals surface area contributed by atoms with Gasteiger partial charge in [0.15, 0.2) is 0 Å². The Kier molecular flexibility index (Phi) is 3.40. The highest BCUT2D eigenvalue weighted by Crippen LogP contribution is 2.17. The van der Waals surface area contributed by atoms with Gasteiger partial charge in [0.2, 0.25) is 5.91 Å². The van der Waals surface area contributed by atoms with Gasteiger partial charge in [0.25, 0.3) is 0 Å². The molecule has 92 valence electrons. The van der Waals surface area contributed by atoms with Crippen LogP contribution in [0, 0.1) is 18.7 Å². The van der Waals surface area contributed by atoms with Gasteiger partial charge in [-0.3, -0.25) is 4.79 Å². The minimum absolute atomic E-state index is 0.180. The maximum atomic E-state index is 13.0. The number of anilines is 1. The summed E-state index contributed by atoms with van der Waals surface area (Å²) in [6.45, 7) is 2.39. The molecule has 1 aromatic rings. The number of benzene rings is 1. The first-order valence-electron chi connectivity index (χ1n) is 5.48. The van der Waals surface area contributed by atoms with Crippen LogP contribution < -0.4 is 11.1 Å². The predicted molar refractivity (Wildman–Crippen MR) is 62.1 cm³/mol. The monoisotopic (exact) mass is 238 g/mol. The lowest BCUT2D eigenvalue weighted by Crippen LogP contribution is -2.37. The van der Waals surface area contributed by atoms with E-state index < -0.39 is 0 Å². The Bertz CT molecular complexity index is 437. The molecule has 1 aromatic carbocycles. The molecule has 0 aromatic heterocycles. The average Bonchev–Trinajstić information content (AvgIpc) is 2.70. The molecule has 2 atom stereocenters. The molecule has 0 radical (unpaired) electrons. The predicted octanol–water partition coefficient (Wildman–Crippen LogP) is 1.05. The molecule has 2 rings (SSSR count). The van der Waals surface area contributed by atoms with Crippen molar-refractivity contribution in [1.29, 1.82) is 0 Å². The molecule has 1 saturated heterocycles. The van der Waals surface area contributed by atoms with Gasteiger partial charge in [-0.15, -0.1) is 0 Å². The van der Waals surface area contributed by atoms with Crippen LogP contribution in [0.4, 0.5) is 10.1 Å². The lowest BCUT2D eigenvalue weighted by molar-refractivity contribution is -0.120. The zero-order valence-corrected chi connectivity index (χ0v) is 9.57. The summed E-state index contributed by atoms with van der Waals surface area (Å²) in [4.78, 5) is 11.9. The first-order valence-corrected chi connectivity index (χ1v) is 5.48. The molecule has 1 aliphatic heterocycles. The highest BCUT2D eigenvalue weighted by Gasteiger charge is 2.31. The van der Waals surface area contributed by atoms with E-state index in [4.69, 9.17) is 10.5 Å². The fraction of sp³-hybridized carbons (Fsp3) is 0.417. The third kappa shape index (κ3) is 2.62. The highest BCUT2D eigenvalue weighted by atomic mass is 19.1. The van der Waals surface area contributed by atoms with Crippen molar-refractivity contribution in [3.63, 3.8) is 0 Å². The third-order valence-electron chi connectivity index (χ3n) is 2.89. The third-order valence-corrected chi connectivity index (χ3v) is 2.89. The number of nitrogens with one attached hydrogen (secondary N) is 1. The topological polar surface area (TPSA) is 64.3 Å². The van der Waals surface area contributed by atoms with Gasteiger partial charge in [-0.2, -0.15) is 0 Å². The van der Waals surface area contributed by atoms with Crippen molar-refractivity contribution in [1.82, 2.24) is 0 Å². The van der Waals surface area contributed by atoms with E-state index in [1.807, 2.05) is 0 Å². The van der Waals surface area contributed by atoms with E-state index in [2.05, 4.69) is 5.32 Å². The van der Waals surface area contributed by atoms with E-state index in [0.29, 0.717) is 24.5 Å². The van der Waals surface area contributed by atoms with Crippen molar-refractivity contribution in [2.75, 3.05) is 18.5 Å². The second-order valence-corrected chi connectivity index (χ2v) is 4.26.